The SMILES string of the molecule is C[n+]1cccc(C2C([O-])c3ccccc3C2[O-])n1. The van der Waals surface area contributed by atoms with Crippen LogP contribution in [0.3, 0.4) is 0 Å². The van der Waals surface area contributed by atoms with Gasteiger partial charge < -0.3 is 10.2 Å². The Morgan fingerprint density at radius 1 is 1.00 bits per heavy atom. The van der Waals surface area contributed by atoms with Gasteiger partial charge in [0.15, 0.2) is 13.2 Å². The number of aryl methyl sites for hydroxylation is 1. The molecule has 4 nitrogen and oxygen atoms in total. The summed E-state index contributed by atoms with van der Waals surface area (Å²) in [5.74, 6) is -0.616. The molecule has 1 aliphatic rings. The molecule has 0 bridgehead atoms. The zero-order valence-corrected chi connectivity index (χ0v) is 9.98. The lowest BCUT2D eigenvalue weighted by Gasteiger charge is -2.31. The number of rotatable bonds is 1. The van der Waals surface area contributed by atoms with Crippen molar-refractivity contribution in [1.82, 2.24) is 5.10 Å². The van der Waals surface area contributed by atoms with Gasteiger partial charge in [-0.3, -0.25) is 0 Å². The minimum Gasteiger partial charge on any atom is -0.848 e. The lowest BCUT2D eigenvalue weighted by atomic mass is 9.97. The molecule has 0 saturated carbocycles. The van der Waals surface area contributed by atoms with Gasteiger partial charge in [0.1, 0.15) is 5.69 Å². The van der Waals surface area contributed by atoms with Crippen molar-refractivity contribution in [2.24, 2.45) is 7.05 Å². The van der Waals surface area contributed by atoms with Crippen molar-refractivity contribution >= 4 is 0 Å². The first-order valence-corrected chi connectivity index (χ1v) is 5.92. The van der Waals surface area contributed by atoms with Crippen LogP contribution in [-0.4, -0.2) is 5.10 Å². The van der Waals surface area contributed by atoms with E-state index >= 15 is 0 Å². The van der Waals surface area contributed by atoms with E-state index in [1.807, 2.05) is 6.07 Å². The molecule has 2 aromatic rings. The van der Waals surface area contributed by atoms with Crippen LogP contribution in [0.5, 0.6) is 0 Å². The molecule has 92 valence electrons. The third-order valence-electron chi connectivity index (χ3n) is 3.44. The largest absolute Gasteiger partial charge is 0.848 e. The van der Waals surface area contributed by atoms with E-state index in [-0.39, 0.29) is 0 Å². The van der Waals surface area contributed by atoms with Crippen molar-refractivity contribution in [3.05, 3.63) is 59.4 Å². The first kappa shape index (κ1) is 11.3. The van der Waals surface area contributed by atoms with Gasteiger partial charge in [-0.2, -0.15) is 0 Å². The highest BCUT2D eigenvalue weighted by Crippen LogP contribution is 2.45. The Morgan fingerprint density at radius 2 is 1.61 bits per heavy atom. The van der Waals surface area contributed by atoms with Crippen molar-refractivity contribution < 1.29 is 14.9 Å². The van der Waals surface area contributed by atoms with Crippen LogP contribution in [0.15, 0.2) is 42.6 Å². The number of hydrogen-bond acceptors (Lipinski definition) is 3. The topological polar surface area (TPSA) is 62.9 Å². The van der Waals surface area contributed by atoms with Gasteiger partial charge >= 0.3 is 0 Å². The smallest absolute Gasteiger partial charge is 0.196 e. The fourth-order valence-electron chi connectivity index (χ4n) is 2.58. The maximum atomic E-state index is 12.4. The number of fused-ring (bicyclic) bond motifs is 1. The third kappa shape index (κ3) is 1.62. The minimum absolute atomic E-state index is 0.580. The van der Waals surface area contributed by atoms with Crippen molar-refractivity contribution in [3.8, 4) is 0 Å². The monoisotopic (exact) mass is 241 g/mol. The van der Waals surface area contributed by atoms with Gasteiger partial charge in [-0.25, -0.2) is 0 Å². The second-order valence-corrected chi connectivity index (χ2v) is 4.60. The summed E-state index contributed by atoms with van der Waals surface area (Å²) in [6.07, 6.45) is -0.247. The summed E-state index contributed by atoms with van der Waals surface area (Å²) in [6, 6.07) is 10.7. The van der Waals surface area contributed by atoms with Crippen LogP contribution < -0.4 is 14.9 Å². The van der Waals surface area contributed by atoms with Crippen LogP contribution in [0, 0.1) is 0 Å². The normalized spacial score (nSPS) is 26.1. The molecule has 1 heterocycles. The highest BCUT2D eigenvalue weighted by Gasteiger charge is 2.30. The van der Waals surface area contributed by atoms with Crippen LogP contribution in [0.2, 0.25) is 0 Å². The lowest BCUT2D eigenvalue weighted by Crippen LogP contribution is -2.36. The zero-order chi connectivity index (χ0) is 12.7. The van der Waals surface area contributed by atoms with Gasteiger partial charge in [-0.05, 0) is 17.1 Å². The van der Waals surface area contributed by atoms with Crippen LogP contribution in [-0.2, 0) is 7.05 Å². The molecule has 1 aromatic carbocycles. The number of hydrogen-bond donors (Lipinski definition) is 0. The summed E-state index contributed by atoms with van der Waals surface area (Å²) in [5, 5.41) is 29.0. The molecule has 2 atom stereocenters. The van der Waals surface area contributed by atoms with E-state index in [0.29, 0.717) is 16.8 Å². The predicted molar refractivity (Wildman–Crippen MR) is 60.1 cm³/mol. The van der Waals surface area contributed by atoms with Crippen LogP contribution in [0.25, 0.3) is 0 Å². The Labute approximate surface area is 105 Å². The lowest BCUT2D eigenvalue weighted by molar-refractivity contribution is -0.732. The maximum Gasteiger partial charge on any atom is 0.196 e. The summed E-state index contributed by atoms with van der Waals surface area (Å²) in [7, 11) is 1.78. The zero-order valence-electron chi connectivity index (χ0n) is 9.98. The minimum atomic E-state index is -1.02. The molecule has 1 aromatic heterocycles. The van der Waals surface area contributed by atoms with Gasteiger partial charge in [-0.1, -0.05) is 52.3 Å². The molecule has 0 saturated heterocycles. The quantitative estimate of drug-likeness (QED) is 0.633. The highest BCUT2D eigenvalue weighted by atomic mass is 16.3. The molecule has 4 heteroatoms. The number of aromatic nitrogens is 2. The fraction of sp³-hybridized carbons (Fsp3) is 0.286. The van der Waals surface area contributed by atoms with E-state index in [4.69, 9.17) is 0 Å². The van der Waals surface area contributed by atoms with E-state index in [1.165, 1.54) is 0 Å². The second kappa shape index (κ2) is 4.15. The molecule has 18 heavy (non-hydrogen) atoms. The standard InChI is InChI=1S/C14H13N2O2/c1-16-8-4-7-11(15-16)12-13(17)9-5-2-3-6-10(9)14(12)18/h2-8,12-14H,1H3/q-1. The highest BCUT2D eigenvalue weighted by molar-refractivity contribution is 5.40. The summed E-state index contributed by atoms with van der Waals surface area (Å²) >= 11 is 0. The number of benzene rings is 1. The van der Waals surface area contributed by atoms with Crippen molar-refractivity contribution in [2.45, 2.75) is 18.1 Å². The van der Waals surface area contributed by atoms with Crippen LogP contribution >= 0.6 is 0 Å². The van der Waals surface area contributed by atoms with Crippen LogP contribution in [0.4, 0.5) is 0 Å². The Hall–Kier alpha value is -1.78. The molecule has 0 radical (unpaired) electrons. The molecule has 0 N–H and O–H groups in total. The molecular weight excluding hydrogens is 228 g/mol. The molecule has 1 aliphatic carbocycles. The number of nitrogens with zero attached hydrogens (tertiary/aromatic N) is 2. The Balaban J connectivity index is 2.06. The van der Waals surface area contributed by atoms with E-state index in [1.54, 1.807) is 48.3 Å². The predicted octanol–water partition coefficient (Wildman–Crippen LogP) is -0.494. The molecule has 0 fully saturated rings. The van der Waals surface area contributed by atoms with E-state index in [2.05, 4.69) is 5.10 Å². The van der Waals surface area contributed by atoms with Gasteiger partial charge in [0.25, 0.3) is 0 Å². The van der Waals surface area contributed by atoms with Gasteiger partial charge in [0.2, 0.25) is 0 Å². The molecule has 0 spiro atoms. The molecule has 2 unspecified atom stereocenters. The van der Waals surface area contributed by atoms with Gasteiger partial charge in [0, 0.05) is 6.07 Å². The third-order valence-corrected chi connectivity index (χ3v) is 3.44. The Morgan fingerprint density at radius 3 is 2.17 bits per heavy atom. The molecule has 3 rings (SSSR count). The summed E-state index contributed by atoms with van der Waals surface area (Å²) in [6.45, 7) is 0. The Kier molecular flexibility index (Phi) is 2.61. The molecule has 0 aliphatic heterocycles. The average Bonchev–Trinajstić information content (AvgIpc) is 2.63. The average molecular weight is 241 g/mol. The fourth-order valence-corrected chi connectivity index (χ4v) is 2.58. The first-order chi connectivity index (χ1) is 8.68. The summed E-state index contributed by atoms with van der Waals surface area (Å²) in [4.78, 5) is 0. The van der Waals surface area contributed by atoms with E-state index in [0.717, 1.165) is 0 Å². The van der Waals surface area contributed by atoms with Crippen molar-refractivity contribution in [3.63, 3.8) is 0 Å². The van der Waals surface area contributed by atoms with Gasteiger partial charge in [0.05, 0.1) is 0 Å². The summed E-state index contributed by atoms with van der Waals surface area (Å²) in [5.41, 5.74) is 1.82. The molecular formula is C14H13N2O2-. The summed E-state index contributed by atoms with van der Waals surface area (Å²) < 4.78 is 1.62. The van der Waals surface area contributed by atoms with Crippen molar-refractivity contribution in [1.29, 1.82) is 0 Å². The van der Waals surface area contributed by atoms with Crippen LogP contribution in [0.1, 0.15) is 34.9 Å². The van der Waals surface area contributed by atoms with E-state index in [9.17, 15) is 10.2 Å². The second-order valence-electron chi connectivity index (χ2n) is 4.60. The Bertz CT molecular complexity index is 557. The van der Waals surface area contributed by atoms with Gasteiger partial charge in [-0.15, -0.1) is 0 Å². The maximum absolute atomic E-state index is 12.4. The molecule has 0 amide bonds. The first-order valence-electron chi connectivity index (χ1n) is 5.92. The van der Waals surface area contributed by atoms with Crippen molar-refractivity contribution in [2.75, 3.05) is 0 Å². The van der Waals surface area contributed by atoms with E-state index < -0.39 is 18.1 Å².